The second-order valence-electron chi connectivity index (χ2n) is 3.22. The van der Waals surface area contributed by atoms with Crippen LogP contribution in [-0.4, -0.2) is 30.7 Å². The Kier molecular flexibility index (Phi) is 3.30. The zero-order valence-corrected chi connectivity index (χ0v) is 7.12. The molecule has 0 aromatic carbocycles. The minimum atomic E-state index is -0.0634. The fourth-order valence-corrected chi connectivity index (χ4v) is 1.12. The van der Waals surface area contributed by atoms with E-state index >= 15 is 0 Å². The highest BCUT2D eigenvalue weighted by Gasteiger charge is 2.27. The molecule has 2 atom stereocenters. The average Bonchev–Trinajstić information content (AvgIpc) is 2.37. The predicted molar refractivity (Wildman–Crippen MR) is 41.2 cm³/mol. The van der Waals surface area contributed by atoms with Crippen molar-refractivity contribution in [1.82, 2.24) is 0 Å². The van der Waals surface area contributed by atoms with Crippen LogP contribution in [0.4, 0.5) is 0 Å². The van der Waals surface area contributed by atoms with Crippen LogP contribution in [0, 0.1) is 5.92 Å². The summed E-state index contributed by atoms with van der Waals surface area (Å²) in [7, 11) is 0. The van der Waals surface area contributed by atoms with Gasteiger partial charge in [0.15, 0.2) is 6.29 Å². The van der Waals surface area contributed by atoms with Gasteiger partial charge in [-0.1, -0.05) is 13.8 Å². The Morgan fingerprint density at radius 3 is 2.73 bits per heavy atom. The molecule has 1 aliphatic heterocycles. The lowest BCUT2D eigenvalue weighted by Crippen LogP contribution is -2.18. The highest BCUT2D eigenvalue weighted by molar-refractivity contribution is 4.66. The molecule has 2 unspecified atom stereocenters. The van der Waals surface area contributed by atoms with Gasteiger partial charge in [-0.05, 0) is 6.42 Å². The second-order valence-corrected chi connectivity index (χ2v) is 3.22. The van der Waals surface area contributed by atoms with Gasteiger partial charge in [0.1, 0.15) is 0 Å². The molecule has 0 aliphatic carbocycles. The van der Waals surface area contributed by atoms with Gasteiger partial charge in [-0.25, -0.2) is 0 Å². The van der Waals surface area contributed by atoms with Gasteiger partial charge in [0.25, 0.3) is 0 Å². The van der Waals surface area contributed by atoms with E-state index in [0.29, 0.717) is 18.9 Å². The summed E-state index contributed by atoms with van der Waals surface area (Å²) >= 11 is 0. The minimum absolute atomic E-state index is 0.0634. The van der Waals surface area contributed by atoms with Crippen LogP contribution < -0.4 is 0 Å². The van der Waals surface area contributed by atoms with Gasteiger partial charge >= 0.3 is 0 Å². The van der Waals surface area contributed by atoms with Crippen LogP contribution in [0.2, 0.25) is 0 Å². The van der Waals surface area contributed by atoms with Gasteiger partial charge in [0.05, 0.1) is 12.7 Å². The molecule has 0 saturated carbocycles. The Balaban J connectivity index is 2.23. The van der Waals surface area contributed by atoms with Crippen LogP contribution in [0.1, 0.15) is 20.3 Å². The molecule has 0 radical (unpaired) electrons. The van der Waals surface area contributed by atoms with Gasteiger partial charge < -0.3 is 14.6 Å². The topological polar surface area (TPSA) is 38.7 Å². The van der Waals surface area contributed by atoms with Crippen LogP contribution in [0.15, 0.2) is 0 Å². The standard InChI is InChI=1S/C8H16O3/c1-6(2)8-10-5-7(11-8)3-4-9/h6-9H,3-5H2,1-2H3. The largest absolute Gasteiger partial charge is 0.396 e. The number of rotatable bonds is 3. The smallest absolute Gasteiger partial charge is 0.160 e. The van der Waals surface area contributed by atoms with E-state index in [1.807, 2.05) is 0 Å². The van der Waals surface area contributed by atoms with Crippen molar-refractivity contribution in [2.45, 2.75) is 32.7 Å². The van der Waals surface area contributed by atoms with Gasteiger partial charge in [-0.2, -0.15) is 0 Å². The van der Waals surface area contributed by atoms with Crippen LogP contribution in [-0.2, 0) is 9.47 Å². The average molecular weight is 160 g/mol. The van der Waals surface area contributed by atoms with E-state index in [2.05, 4.69) is 13.8 Å². The summed E-state index contributed by atoms with van der Waals surface area (Å²) in [6.45, 7) is 4.93. The molecule has 0 amide bonds. The van der Waals surface area contributed by atoms with Gasteiger partial charge in [0.2, 0.25) is 0 Å². The normalized spacial score (nSPS) is 31.6. The van der Waals surface area contributed by atoms with Crippen molar-refractivity contribution in [2.24, 2.45) is 5.92 Å². The summed E-state index contributed by atoms with van der Waals surface area (Å²) in [5.41, 5.74) is 0. The van der Waals surface area contributed by atoms with Crippen LogP contribution >= 0.6 is 0 Å². The summed E-state index contributed by atoms with van der Waals surface area (Å²) in [5.74, 6) is 0.402. The molecular formula is C8H16O3. The monoisotopic (exact) mass is 160 g/mol. The Morgan fingerprint density at radius 2 is 2.27 bits per heavy atom. The predicted octanol–water partition coefficient (Wildman–Crippen LogP) is 0.766. The van der Waals surface area contributed by atoms with Crippen molar-refractivity contribution in [3.05, 3.63) is 0 Å². The number of hydrogen-bond acceptors (Lipinski definition) is 3. The molecule has 66 valence electrons. The van der Waals surface area contributed by atoms with Gasteiger partial charge in [-0.3, -0.25) is 0 Å². The van der Waals surface area contributed by atoms with E-state index < -0.39 is 0 Å². The lowest BCUT2D eigenvalue weighted by Gasteiger charge is -2.13. The maximum atomic E-state index is 8.62. The minimum Gasteiger partial charge on any atom is -0.396 e. The summed E-state index contributed by atoms with van der Waals surface area (Å²) < 4.78 is 10.8. The van der Waals surface area contributed by atoms with Crippen molar-refractivity contribution in [2.75, 3.05) is 13.2 Å². The van der Waals surface area contributed by atoms with E-state index in [1.54, 1.807) is 0 Å². The molecule has 1 saturated heterocycles. The van der Waals surface area contributed by atoms with Gasteiger partial charge in [-0.15, -0.1) is 0 Å². The van der Waals surface area contributed by atoms with E-state index in [4.69, 9.17) is 14.6 Å². The molecular weight excluding hydrogens is 144 g/mol. The van der Waals surface area contributed by atoms with Crippen molar-refractivity contribution in [1.29, 1.82) is 0 Å². The molecule has 0 aromatic heterocycles. The molecule has 1 N–H and O–H groups in total. The number of ether oxygens (including phenoxy) is 2. The first-order valence-electron chi connectivity index (χ1n) is 4.12. The molecule has 0 bridgehead atoms. The summed E-state index contributed by atoms with van der Waals surface area (Å²) in [6.07, 6.45) is 0.724. The van der Waals surface area contributed by atoms with E-state index in [1.165, 1.54) is 0 Å². The quantitative estimate of drug-likeness (QED) is 0.662. The molecule has 3 nitrogen and oxygen atoms in total. The first kappa shape index (κ1) is 8.97. The second kappa shape index (κ2) is 4.04. The maximum Gasteiger partial charge on any atom is 0.160 e. The van der Waals surface area contributed by atoms with Crippen molar-refractivity contribution < 1.29 is 14.6 Å². The Labute approximate surface area is 67.3 Å². The first-order valence-corrected chi connectivity index (χ1v) is 4.12. The molecule has 11 heavy (non-hydrogen) atoms. The van der Waals surface area contributed by atoms with E-state index in [0.717, 1.165) is 0 Å². The number of aliphatic hydroxyl groups excluding tert-OH is 1. The van der Waals surface area contributed by atoms with Crippen LogP contribution in [0.3, 0.4) is 0 Å². The van der Waals surface area contributed by atoms with Crippen molar-refractivity contribution in [3.8, 4) is 0 Å². The maximum absolute atomic E-state index is 8.62. The summed E-state index contributed by atoms with van der Waals surface area (Å²) in [4.78, 5) is 0. The first-order chi connectivity index (χ1) is 5.24. The lowest BCUT2D eigenvalue weighted by atomic mass is 10.2. The highest BCUT2D eigenvalue weighted by Crippen LogP contribution is 2.19. The van der Waals surface area contributed by atoms with E-state index in [9.17, 15) is 0 Å². The molecule has 0 spiro atoms. The zero-order valence-electron chi connectivity index (χ0n) is 7.12. The summed E-state index contributed by atoms with van der Waals surface area (Å²) in [5, 5.41) is 8.62. The Hall–Kier alpha value is -0.120. The third-order valence-corrected chi connectivity index (χ3v) is 1.77. The molecule has 0 aromatic rings. The number of aliphatic hydroxyl groups is 1. The van der Waals surface area contributed by atoms with Gasteiger partial charge in [0, 0.05) is 12.5 Å². The SMILES string of the molecule is CC(C)C1OCC(CCO)O1. The molecule has 1 heterocycles. The third-order valence-electron chi connectivity index (χ3n) is 1.77. The Bertz CT molecular complexity index is 114. The molecule has 1 rings (SSSR count). The zero-order chi connectivity index (χ0) is 8.27. The fraction of sp³-hybridized carbons (Fsp3) is 1.00. The van der Waals surface area contributed by atoms with Crippen LogP contribution in [0.25, 0.3) is 0 Å². The molecule has 1 fully saturated rings. The van der Waals surface area contributed by atoms with Crippen LogP contribution in [0.5, 0.6) is 0 Å². The highest BCUT2D eigenvalue weighted by atomic mass is 16.7. The summed E-state index contributed by atoms with van der Waals surface area (Å²) in [6, 6.07) is 0. The number of hydrogen-bond donors (Lipinski definition) is 1. The fourth-order valence-electron chi connectivity index (χ4n) is 1.12. The van der Waals surface area contributed by atoms with Crippen molar-refractivity contribution in [3.63, 3.8) is 0 Å². The molecule has 3 heteroatoms. The molecule has 1 aliphatic rings. The Morgan fingerprint density at radius 1 is 1.55 bits per heavy atom. The third kappa shape index (κ3) is 2.43. The lowest BCUT2D eigenvalue weighted by molar-refractivity contribution is -0.0890. The van der Waals surface area contributed by atoms with Crippen molar-refractivity contribution >= 4 is 0 Å². The van der Waals surface area contributed by atoms with E-state index in [-0.39, 0.29) is 19.0 Å².